The molecule has 1 fully saturated rings. The summed E-state index contributed by atoms with van der Waals surface area (Å²) in [7, 11) is 0. The molecule has 6 heteroatoms. The highest BCUT2D eigenvalue weighted by molar-refractivity contribution is 5.88. The third-order valence-corrected chi connectivity index (χ3v) is 3.75. The molecule has 1 rings (SSSR count). The Labute approximate surface area is 130 Å². The molecular formula is C16H24O6. The Morgan fingerprint density at radius 1 is 1.36 bits per heavy atom. The molecule has 0 aromatic carbocycles. The van der Waals surface area contributed by atoms with Crippen LogP contribution < -0.4 is 0 Å². The summed E-state index contributed by atoms with van der Waals surface area (Å²) in [5.41, 5.74) is 0.424. The minimum Gasteiger partial charge on any atom is -0.462 e. The molecule has 0 bridgehead atoms. The second kappa shape index (κ2) is 8.10. The van der Waals surface area contributed by atoms with E-state index in [2.05, 4.69) is 6.58 Å². The molecule has 124 valence electrons. The Morgan fingerprint density at radius 2 is 2.05 bits per heavy atom. The third-order valence-electron chi connectivity index (χ3n) is 3.75. The summed E-state index contributed by atoms with van der Waals surface area (Å²) in [6, 6.07) is 0. The van der Waals surface area contributed by atoms with Crippen molar-refractivity contribution < 1.29 is 28.9 Å². The molecule has 0 amide bonds. The van der Waals surface area contributed by atoms with E-state index in [1.165, 1.54) is 0 Å². The molecule has 0 aliphatic carbocycles. The molecule has 2 unspecified atom stereocenters. The van der Waals surface area contributed by atoms with E-state index in [4.69, 9.17) is 19.3 Å². The van der Waals surface area contributed by atoms with Crippen LogP contribution in [0.15, 0.2) is 23.8 Å². The van der Waals surface area contributed by atoms with Crippen molar-refractivity contribution in [3.05, 3.63) is 23.8 Å². The van der Waals surface area contributed by atoms with Crippen molar-refractivity contribution in [3.8, 4) is 0 Å². The van der Waals surface area contributed by atoms with Crippen molar-refractivity contribution in [1.29, 1.82) is 0 Å². The minimum atomic E-state index is -0.492. The van der Waals surface area contributed by atoms with Gasteiger partial charge in [-0.1, -0.05) is 13.5 Å². The molecular weight excluding hydrogens is 288 g/mol. The second-order valence-corrected chi connectivity index (χ2v) is 5.51. The van der Waals surface area contributed by atoms with Crippen molar-refractivity contribution in [2.45, 2.75) is 33.3 Å². The molecule has 0 radical (unpaired) electrons. The normalized spacial score (nSPS) is 24.4. The number of aliphatic hydroxyl groups is 1. The van der Waals surface area contributed by atoms with Gasteiger partial charge >= 0.3 is 11.9 Å². The van der Waals surface area contributed by atoms with E-state index < -0.39 is 11.9 Å². The van der Waals surface area contributed by atoms with E-state index in [-0.39, 0.29) is 31.3 Å². The maximum atomic E-state index is 11.7. The fourth-order valence-corrected chi connectivity index (χ4v) is 2.05. The molecule has 0 aromatic rings. The van der Waals surface area contributed by atoms with Gasteiger partial charge in [0.25, 0.3) is 0 Å². The van der Waals surface area contributed by atoms with Gasteiger partial charge in [0.15, 0.2) is 0 Å². The van der Waals surface area contributed by atoms with Gasteiger partial charge in [0, 0.05) is 11.1 Å². The molecule has 1 aliphatic heterocycles. The van der Waals surface area contributed by atoms with Crippen molar-refractivity contribution in [2.75, 3.05) is 26.4 Å². The SMILES string of the molecule is C=C(C)C(=O)OCC1(CC)COC1/C=C(\C)C(=O)OCCO. The van der Waals surface area contributed by atoms with E-state index in [1.54, 1.807) is 19.9 Å². The van der Waals surface area contributed by atoms with Crippen molar-refractivity contribution in [3.63, 3.8) is 0 Å². The standard InChI is InChI=1S/C16H24O6/c1-5-16(10-22-14(18)11(2)3)9-21-13(16)8-12(4)15(19)20-7-6-17/h8,13,17H,2,5-7,9-10H2,1,3-4H3/b12-8+. The second-order valence-electron chi connectivity index (χ2n) is 5.51. The van der Waals surface area contributed by atoms with Crippen molar-refractivity contribution >= 4 is 11.9 Å². The van der Waals surface area contributed by atoms with Gasteiger partial charge in [-0.3, -0.25) is 0 Å². The Bertz CT molecular complexity index is 463. The fourth-order valence-electron chi connectivity index (χ4n) is 2.05. The van der Waals surface area contributed by atoms with Crippen LogP contribution in [0.2, 0.25) is 0 Å². The Balaban J connectivity index is 2.68. The number of carbonyl (C=O) groups is 2. The van der Waals surface area contributed by atoms with Crippen LogP contribution in [0.5, 0.6) is 0 Å². The van der Waals surface area contributed by atoms with Crippen LogP contribution in [0, 0.1) is 5.41 Å². The first-order valence-electron chi connectivity index (χ1n) is 7.27. The molecule has 6 nitrogen and oxygen atoms in total. The summed E-state index contributed by atoms with van der Waals surface area (Å²) in [6.07, 6.45) is 2.12. The number of esters is 2. The largest absolute Gasteiger partial charge is 0.462 e. The lowest BCUT2D eigenvalue weighted by molar-refractivity contribution is -0.194. The van der Waals surface area contributed by atoms with Gasteiger partial charge in [-0.15, -0.1) is 0 Å². The minimum absolute atomic E-state index is 0.0370. The maximum Gasteiger partial charge on any atom is 0.333 e. The zero-order valence-corrected chi connectivity index (χ0v) is 13.4. The van der Waals surface area contributed by atoms with Gasteiger partial charge < -0.3 is 19.3 Å². The van der Waals surface area contributed by atoms with Crippen LogP contribution in [0.25, 0.3) is 0 Å². The number of ether oxygens (including phenoxy) is 3. The van der Waals surface area contributed by atoms with Crippen LogP contribution in [0.3, 0.4) is 0 Å². The first kappa shape index (κ1) is 18.4. The number of rotatable bonds is 8. The van der Waals surface area contributed by atoms with Crippen molar-refractivity contribution in [2.24, 2.45) is 5.41 Å². The predicted octanol–water partition coefficient (Wildman–Crippen LogP) is 1.38. The molecule has 0 spiro atoms. The van der Waals surface area contributed by atoms with Crippen LogP contribution in [0.4, 0.5) is 0 Å². The lowest BCUT2D eigenvalue weighted by Crippen LogP contribution is -2.54. The number of hydrogen-bond donors (Lipinski definition) is 1. The van der Waals surface area contributed by atoms with Crippen LogP contribution in [-0.4, -0.2) is 49.6 Å². The highest BCUT2D eigenvalue weighted by atomic mass is 16.6. The summed E-state index contributed by atoms with van der Waals surface area (Å²) in [4.78, 5) is 23.2. The highest BCUT2D eigenvalue weighted by Crippen LogP contribution is 2.40. The van der Waals surface area contributed by atoms with Gasteiger partial charge in [-0.2, -0.15) is 0 Å². The number of carbonyl (C=O) groups excluding carboxylic acids is 2. The van der Waals surface area contributed by atoms with Gasteiger partial charge in [0.1, 0.15) is 13.2 Å². The Hall–Kier alpha value is -1.66. The molecule has 1 heterocycles. The first-order valence-corrected chi connectivity index (χ1v) is 7.27. The molecule has 1 aliphatic rings. The van der Waals surface area contributed by atoms with Crippen LogP contribution >= 0.6 is 0 Å². The van der Waals surface area contributed by atoms with Gasteiger partial charge in [-0.25, -0.2) is 9.59 Å². The van der Waals surface area contributed by atoms with E-state index in [0.717, 1.165) is 6.42 Å². The summed E-state index contributed by atoms with van der Waals surface area (Å²) >= 11 is 0. The summed E-state index contributed by atoms with van der Waals surface area (Å²) in [5, 5.41) is 8.65. The summed E-state index contributed by atoms with van der Waals surface area (Å²) in [5.74, 6) is -0.921. The van der Waals surface area contributed by atoms with Gasteiger partial charge in [-0.05, 0) is 26.3 Å². The molecule has 0 saturated carbocycles. The van der Waals surface area contributed by atoms with E-state index in [9.17, 15) is 9.59 Å². The zero-order valence-electron chi connectivity index (χ0n) is 13.4. The topological polar surface area (TPSA) is 82.1 Å². The fraction of sp³-hybridized carbons (Fsp3) is 0.625. The molecule has 1 saturated heterocycles. The Kier molecular flexibility index (Phi) is 6.77. The number of aliphatic hydroxyl groups excluding tert-OH is 1. The zero-order chi connectivity index (χ0) is 16.8. The summed E-state index contributed by atoms with van der Waals surface area (Å²) in [6.45, 7) is 9.18. The van der Waals surface area contributed by atoms with E-state index in [0.29, 0.717) is 17.8 Å². The predicted molar refractivity (Wildman–Crippen MR) is 80.0 cm³/mol. The molecule has 2 atom stereocenters. The summed E-state index contributed by atoms with van der Waals surface area (Å²) < 4.78 is 15.6. The van der Waals surface area contributed by atoms with E-state index in [1.807, 2.05) is 6.92 Å². The Morgan fingerprint density at radius 3 is 2.50 bits per heavy atom. The van der Waals surface area contributed by atoms with E-state index >= 15 is 0 Å². The lowest BCUT2D eigenvalue weighted by Gasteiger charge is -2.47. The van der Waals surface area contributed by atoms with Crippen LogP contribution in [-0.2, 0) is 23.8 Å². The van der Waals surface area contributed by atoms with Gasteiger partial charge in [0.05, 0.1) is 24.7 Å². The first-order chi connectivity index (χ1) is 10.4. The van der Waals surface area contributed by atoms with Crippen molar-refractivity contribution in [1.82, 2.24) is 0 Å². The third kappa shape index (κ3) is 4.42. The highest BCUT2D eigenvalue weighted by Gasteiger charge is 2.47. The van der Waals surface area contributed by atoms with Crippen LogP contribution in [0.1, 0.15) is 27.2 Å². The molecule has 1 N–H and O–H groups in total. The quantitative estimate of drug-likeness (QED) is 0.538. The average Bonchev–Trinajstić information content (AvgIpc) is 2.49. The molecule has 22 heavy (non-hydrogen) atoms. The number of hydrogen-bond acceptors (Lipinski definition) is 6. The average molecular weight is 312 g/mol. The monoisotopic (exact) mass is 312 g/mol. The maximum absolute atomic E-state index is 11.7. The molecule has 0 aromatic heterocycles. The smallest absolute Gasteiger partial charge is 0.333 e. The van der Waals surface area contributed by atoms with Gasteiger partial charge in [0.2, 0.25) is 0 Å². The lowest BCUT2D eigenvalue weighted by atomic mass is 9.76.